The van der Waals surface area contributed by atoms with Crippen molar-refractivity contribution in [3.8, 4) is 5.75 Å². The molecule has 1 N–H and O–H groups in total. The average Bonchev–Trinajstić information content (AvgIpc) is 2.35. The average molecular weight is 241 g/mol. The summed E-state index contributed by atoms with van der Waals surface area (Å²) in [6.45, 7) is 3.07. The van der Waals surface area contributed by atoms with Crippen molar-refractivity contribution in [3.63, 3.8) is 0 Å². The molecular formula is C16H19NO. The second-order valence-electron chi connectivity index (χ2n) is 4.90. The predicted molar refractivity (Wildman–Crippen MR) is 77.8 cm³/mol. The van der Waals surface area contributed by atoms with Crippen molar-refractivity contribution in [2.75, 3.05) is 20.6 Å². The summed E-state index contributed by atoms with van der Waals surface area (Å²) in [6.07, 6.45) is 2.22. The third-order valence-corrected chi connectivity index (χ3v) is 3.04. The monoisotopic (exact) mass is 241 g/mol. The Kier molecular flexibility index (Phi) is 3.68. The maximum absolute atomic E-state index is 9.44. The minimum Gasteiger partial charge on any atom is -0.508 e. The van der Waals surface area contributed by atoms with E-state index in [1.54, 1.807) is 12.1 Å². The van der Waals surface area contributed by atoms with Gasteiger partial charge in [0, 0.05) is 6.54 Å². The molecule has 18 heavy (non-hydrogen) atoms. The van der Waals surface area contributed by atoms with Crippen molar-refractivity contribution in [1.29, 1.82) is 0 Å². The summed E-state index contributed by atoms with van der Waals surface area (Å²) in [5, 5.41) is 11.7. The zero-order valence-corrected chi connectivity index (χ0v) is 11.1. The van der Waals surface area contributed by atoms with Gasteiger partial charge in [0.05, 0.1) is 0 Å². The van der Waals surface area contributed by atoms with Crippen molar-refractivity contribution in [2.24, 2.45) is 0 Å². The second kappa shape index (κ2) is 5.23. The summed E-state index contributed by atoms with van der Waals surface area (Å²) < 4.78 is 0. The number of rotatable bonds is 3. The zero-order chi connectivity index (χ0) is 13.1. The summed E-state index contributed by atoms with van der Waals surface area (Å²) in [5.41, 5.74) is 2.51. The normalized spacial score (nSPS) is 12.3. The van der Waals surface area contributed by atoms with Crippen LogP contribution in [0.1, 0.15) is 12.5 Å². The van der Waals surface area contributed by atoms with E-state index in [1.165, 1.54) is 11.1 Å². The number of hydrogen-bond acceptors (Lipinski definition) is 2. The minimum atomic E-state index is 0.315. The first-order valence-electron chi connectivity index (χ1n) is 6.11. The molecule has 0 amide bonds. The van der Waals surface area contributed by atoms with Crippen LogP contribution in [0.4, 0.5) is 0 Å². The van der Waals surface area contributed by atoms with E-state index in [-0.39, 0.29) is 0 Å². The summed E-state index contributed by atoms with van der Waals surface area (Å²) in [6, 6.07) is 11.8. The SMILES string of the molecule is C/C(=C\CN(C)C)c1ccc2cc(O)ccc2c1. The zero-order valence-electron chi connectivity index (χ0n) is 11.1. The van der Waals surface area contributed by atoms with Gasteiger partial charge in [0.2, 0.25) is 0 Å². The number of fused-ring (bicyclic) bond motifs is 1. The van der Waals surface area contributed by atoms with Gasteiger partial charge < -0.3 is 10.0 Å². The molecule has 0 atom stereocenters. The Morgan fingerprint density at radius 3 is 2.50 bits per heavy atom. The topological polar surface area (TPSA) is 23.5 Å². The smallest absolute Gasteiger partial charge is 0.116 e. The van der Waals surface area contributed by atoms with E-state index in [9.17, 15) is 5.11 Å². The minimum absolute atomic E-state index is 0.315. The second-order valence-corrected chi connectivity index (χ2v) is 4.90. The lowest BCUT2D eigenvalue weighted by atomic mass is 10.0. The van der Waals surface area contributed by atoms with Crippen LogP contribution in [0, 0.1) is 0 Å². The first-order valence-corrected chi connectivity index (χ1v) is 6.11. The fourth-order valence-electron chi connectivity index (χ4n) is 1.92. The third-order valence-electron chi connectivity index (χ3n) is 3.04. The van der Waals surface area contributed by atoms with E-state index in [0.717, 1.165) is 17.3 Å². The van der Waals surface area contributed by atoms with Crippen molar-refractivity contribution in [1.82, 2.24) is 4.90 Å². The first kappa shape index (κ1) is 12.7. The number of hydrogen-bond donors (Lipinski definition) is 1. The quantitative estimate of drug-likeness (QED) is 0.889. The van der Waals surface area contributed by atoms with E-state index < -0.39 is 0 Å². The highest BCUT2D eigenvalue weighted by atomic mass is 16.3. The molecular weight excluding hydrogens is 222 g/mol. The van der Waals surface area contributed by atoms with Gasteiger partial charge in [-0.2, -0.15) is 0 Å². The number of phenolic OH excluding ortho intramolecular Hbond substituents is 1. The summed E-state index contributed by atoms with van der Waals surface area (Å²) >= 11 is 0. The Balaban J connectivity index is 2.35. The van der Waals surface area contributed by atoms with Gasteiger partial charge in [0.1, 0.15) is 5.75 Å². The fraction of sp³-hybridized carbons (Fsp3) is 0.250. The summed E-state index contributed by atoms with van der Waals surface area (Å²) in [7, 11) is 4.12. The highest BCUT2D eigenvalue weighted by Crippen LogP contribution is 2.24. The van der Waals surface area contributed by atoms with E-state index >= 15 is 0 Å². The predicted octanol–water partition coefficient (Wildman–Crippen LogP) is 3.51. The highest BCUT2D eigenvalue weighted by Gasteiger charge is 2.00. The van der Waals surface area contributed by atoms with Crippen LogP contribution in [-0.2, 0) is 0 Å². The van der Waals surface area contributed by atoms with Crippen LogP contribution in [0.25, 0.3) is 16.3 Å². The molecule has 0 saturated heterocycles. The number of likely N-dealkylation sites (N-methyl/N-ethyl adjacent to an activating group) is 1. The molecule has 94 valence electrons. The van der Waals surface area contributed by atoms with Crippen LogP contribution in [0.2, 0.25) is 0 Å². The molecule has 0 radical (unpaired) electrons. The number of nitrogens with zero attached hydrogens (tertiary/aromatic N) is 1. The molecule has 2 heteroatoms. The van der Waals surface area contributed by atoms with Gasteiger partial charge in [0.25, 0.3) is 0 Å². The maximum atomic E-state index is 9.44. The van der Waals surface area contributed by atoms with Crippen LogP contribution in [0.15, 0.2) is 42.5 Å². The van der Waals surface area contributed by atoms with E-state index in [0.29, 0.717) is 5.75 Å². The van der Waals surface area contributed by atoms with Crippen LogP contribution in [0.3, 0.4) is 0 Å². The fourth-order valence-corrected chi connectivity index (χ4v) is 1.92. The maximum Gasteiger partial charge on any atom is 0.116 e. The lowest BCUT2D eigenvalue weighted by Crippen LogP contribution is -2.10. The molecule has 0 saturated carbocycles. The standard InChI is InChI=1S/C16H19NO/c1-12(8-9-17(2)3)13-4-5-15-11-16(18)7-6-14(15)10-13/h4-8,10-11,18H,9H2,1-3H3/b12-8+. The van der Waals surface area contributed by atoms with Crippen molar-refractivity contribution in [3.05, 3.63) is 48.0 Å². The molecule has 2 aromatic carbocycles. The molecule has 0 aromatic heterocycles. The Morgan fingerprint density at radius 2 is 1.78 bits per heavy atom. The molecule has 2 nitrogen and oxygen atoms in total. The molecule has 0 unspecified atom stereocenters. The van der Waals surface area contributed by atoms with E-state index in [4.69, 9.17) is 0 Å². The van der Waals surface area contributed by atoms with Crippen LogP contribution < -0.4 is 0 Å². The van der Waals surface area contributed by atoms with Gasteiger partial charge in [-0.1, -0.05) is 24.3 Å². The molecule has 2 aromatic rings. The van der Waals surface area contributed by atoms with Crippen molar-refractivity contribution < 1.29 is 5.11 Å². The van der Waals surface area contributed by atoms with Crippen LogP contribution in [-0.4, -0.2) is 30.6 Å². The van der Waals surface area contributed by atoms with Gasteiger partial charge in [-0.15, -0.1) is 0 Å². The molecule has 0 bridgehead atoms. The summed E-state index contributed by atoms with van der Waals surface area (Å²) in [5.74, 6) is 0.315. The lowest BCUT2D eigenvalue weighted by Gasteiger charge is -2.08. The number of aromatic hydroxyl groups is 1. The van der Waals surface area contributed by atoms with Gasteiger partial charge in [0.15, 0.2) is 0 Å². The molecule has 0 aliphatic heterocycles. The first-order chi connectivity index (χ1) is 8.56. The van der Waals surface area contributed by atoms with Gasteiger partial charge in [-0.25, -0.2) is 0 Å². The molecule has 0 aliphatic rings. The van der Waals surface area contributed by atoms with Gasteiger partial charge in [-0.3, -0.25) is 0 Å². The van der Waals surface area contributed by atoms with Gasteiger partial charge >= 0.3 is 0 Å². The molecule has 0 heterocycles. The number of allylic oxidation sites excluding steroid dienone is 1. The molecule has 2 rings (SSSR count). The third kappa shape index (κ3) is 2.90. The molecule has 0 fully saturated rings. The number of phenols is 1. The Morgan fingerprint density at radius 1 is 1.11 bits per heavy atom. The van der Waals surface area contributed by atoms with Crippen molar-refractivity contribution in [2.45, 2.75) is 6.92 Å². The Hall–Kier alpha value is -1.80. The highest BCUT2D eigenvalue weighted by molar-refractivity contribution is 5.87. The Labute approximate surface area is 108 Å². The van der Waals surface area contributed by atoms with E-state index in [2.05, 4.69) is 50.2 Å². The Bertz CT molecular complexity index is 585. The molecule has 0 spiro atoms. The largest absolute Gasteiger partial charge is 0.508 e. The van der Waals surface area contributed by atoms with Crippen LogP contribution >= 0.6 is 0 Å². The van der Waals surface area contributed by atoms with Gasteiger partial charge in [-0.05, 0) is 61.1 Å². The van der Waals surface area contributed by atoms with Crippen molar-refractivity contribution >= 4 is 16.3 Å². The lowest BCUT2D eigenvalue weighted by molar-refractivity contribution is 0.457. The summed E-state index contributed by atoms with van der Waals surface area (Å²) in [4.78, 5) is 2.14. The van der Waals surface area contributed by atoms with E-state index in [1.807, 2.05) is 6.07 Å². The number of benzene rings is 2. The molecule has 0 aliphatic carbocycles. The van der Waals surface area contributed by atoms with Crippen LogP contribution in [0.5, 0.6) is 5.75 Å².